The quantitative estimate of drug-likeness (QED) is 0.0147. The number of carboxylic acids is 1. The number of carboxylic acid groups (broad SMARTS) is 1. The Morgan fingerprint density at radius 1 is 0.869 bits per heavy atom. The average Bonchev–Trinajstić information content (AvgIpc) is 3.52. The number of aliphatic hydroxyl groups is 1. The van der Waals surface area contributed by atoms with Crippen molar-refractivity contribution in [3.05, 3.63) is 77.0 Å². The number of ether oxygens (including phenoxy) is 2. The molecule has 0 aromatic heterocycles. The molecule has 21 heteroatoms. The second-order valence-electron chi connectivity index (χ2n) is 15.7. The van der Waals surface area contributed by atoms with Crippen molar-refractivity contribution in [2.24, 2.45) is 0 Å². The zero-order valence-corrected chi connectivity index (χ0v) is 39.3. The third kappa shape index (κ3) is 13.1. The van der Waals surface area contributed by atoms with Crippen LogP contribution in [0.25, 0.3) is 0 Å². The van der Waals surface area contributed by atoms with E-state index in [1.165, 1.54) is 12.1 Å². The highest BCUT2D eigenvalue weighted by molar-refractivity contribution is 14.1. The first-order valence-electron chi connectivity index (χ1n) is 19.7. The summed E-state index contributed by atoms with van der Waals surface area (Å²) in [6.07, 6.45) is 7.50. The zero-order valence-electron chi connectivity index (χ0n) is 34.7. The molecule has 0 saturated carbocycles. The molecule has 6 N–H and O–H groups in total. The predicted molar refractivity (Wildman–Crippen MR) is 239 cm³/mol. The maximum Gasteiger partial charge on any atom is 0.303 e. The topological polar surface area (TPSA) is 257 Å². The molecule has 2 heterocycles. The van der Waals surface area contributed by atoms with Crippen LogP contribution >= 0.6 is 22.6 Å². The van der Waals surface area contributed by atoms with Crippen LogP contribution in [0, 0.1) is 0 Å². The SMILES string of the molecule is COCCNC(O)(I)c1ccc2c(c1)C(C)(CCCS(=O)(=O)O)/C(=C\C=C\C1=[N+](CCCCCC(=O)O)c3ccc(S(=O)(=O)O)cc3C1(C)CCCS(=O)(=O)O)N2CCOC. The van der Waals surface area contributed by atoms with Crippen LogP contribution in [-0.4, -0.2) is 124 Å². The van der Waals surface area contributed by atoms with Crippen LogP contribution in [0.5, 0.6) is 0 Å². The van der Waals surface area contributed by atoms with Crippen LogP contribution in [0.2, 0.25) is 0 Å². The van der Waals surface area contributed by atoms with Crippen molar-refractivity contribution < 1.29 is 68.0 Å². The number of hydrogen-bond acceptors (Lipinski definition) is 12. The van der Waals surface area contributed by atoms with Gasteiger partial charge >= 0.3 is 5.97 Å². The van der Waals surface area contributed by atoms with Crippen LogP contribution in [0.1, 0.15) is 81.9 Å². The number of allylic oxidation sites excluding steroid dienone is 4. The lowest BCUT2D eigenvalue weighted by molar-refractivity contribution is -0.438. The van der Waals surface area contributed by atoms with E-state index in [4.69, 9.17) is 9.47 Å². The summed E-state index contributed by atoms with van der Waals surface area (Å²) in [5, 5.41) is 23.8. The van der Waals surface area contributed by atoms with Crippen LogP contribution in [0.15, 0.2) is 65.2 Å². The Kier molecular flexibility index (Phi) is 17.3. The average molecular weight is 1030 g/mol. The van der Waals surface area contributed by atoms with Gasteiger partial charge in [0.1, 0.15) is 6.54 Å². The summed E-state index contributed by atoms with van der Waals surface area (Å²) >= 11 is 1.91. The zero-order chi connectivity index (χ0) is 45.4. The Balaban J connectivity index is 1.93. The largest absolute Gasteiger partial charge is 0.481 e. The first kappa shape index (κ1) is 50.8. The van der Waals surface area contributed by atoms with Crippen molar-refractivity contribution in [2.45, 2.75) is 84.7 Å². The Hall–Kier alpha value is -2.84. The van der Waals surface area contributed by atoms with Gasteiger partial charge in [-0.1, -0.05) is 12.1 Å². The first-order chi connectivity index (χ1) is 28.4. The highest BCUT2D eigenvalue weighted by atomic mass is 127. The van der Waals surface area contributed by atoms with Crippen LogP contribution < -0.4 is 10.2 Å². The van der Waals surface area contributed by atoms with Gasteiger partial charge in [0.05, 0.1) is 35.0 Å². The molecule has 2 aromatic carbocycles. The van der Waals surface area contributed by atoms with Gasteiger partial charge in [-0.15, -0.1) is 0 Å². The molecule has 0 amide bonds. The van der Waals surface area contributed by atoms with Gasteiger partial charge in [0.25, 0.3) is 30.4 Å². The van der Waals surface area contributed by atoms with Crippen molar-refractivity contribution in [1.29, 1.82) is 0 Å². The van der Waals surface area contributed by atoms with E-state index in [9.17, 15) is 53.9 Å². The number of fused-ring (bicyclic) bond motifs is 2. The van der Waals surface area contributed by atoms with E-state index in [-0.39, 0.29) is 37.0 Å². The minimum absolute atomic E-state index is 0.00643. The molecule has 2 aliphatic rings. The molecule has 3 unspecified atom stereocenters. The molecule has 61 heavy (non-hydrogen) atoms. The predicted octanol–water partition coefficient (Wildman–Crippen LogP) is 4.91. The van der Waals surface area contributed by atoms with Crippen LogP contribution in [-0.2, 0) is 59.2 Å². The fourth-order valence-corrected chi connectivity index (χ4v) is 10.4. The molecule has 0 aliphatic carbocycles. The van der Waals surface area contributed by atoms with E-state index < -0.39 is 62.4 Å². The van der Waals surface area contributed by atoms with Crippen molar-refractivity contribution in [3.63, 3.8) is 0 Å². The fourth-order valence-electron chi connectivity index (χ4n) is 8.23. The summed E-state index contributed by atoms with van der Waals surface area (Å²) in [7, 11) is -10.2. The lowest BCUT2D eigenvalue weighted by Gasteiger charge is -2.30. The van der Waals surface area contributed by atoms with E-state index in [1.807, 2.05) is 70.2 Å². The number of hydrogen-bond donors (Lipinski definition) is 6. The number of nitrogens with zero attached hydrogens (tertiary/aromatic N) is 2. The minimum Gasteiger partial charge on any atom is -0.481 e. The molecular formula is C40H57IN3O14S3+. The number of aliphatic carboxylic acids is 1. The summed E-state index contributed by atoms with van der Waals surface area (Å²) in [6, 6.07) is 9.74. The van der Waals surface area contributed by atoms with E-state index in [2.05, 4.69) is 5.32 Å². The number of methoxy groups -OCH3 is 2. The van der Waals surface area contributed by atoms with Crippen molar-refractivity contribution in [1.82, 2.24) is 5.32 Å². The number of benzene rings is 2. The Morgan fingerprint density at radius 2 is 1.51 bits per heavy atom. The van der Waals surface area contributed by atoms with Crippen LogP contribution in [0.3, 0.4) is 0 Å². The second kappa shape index (κ2) is 20.8. The van der Waals surface area contributed by atoms with Gasteiger partial charge in [-0.3, -0.25) is 23.8 Å². The summed E-state index contributed by atoms with van der Waals surface area (Å²) < 4.78 is 113. The molecule has 0 radical (unpaired) electrons. The Morgan fingerprint density at radius 3 is 2.10 bits per heavy atom. The van der Waals surface area contributed by atoms with E-state index in [1.54, 1.807) is 32.4 Å². The molecular weight excluding hydrogens is 970 g/mol. The monoisotopic (exact) mass is 1030 g/mol. The summed E-state index contributed by atoms with van der Waals surface area (Å²) in [6.45, 7) is 5.54. The molecule has 17 nitrogen and oxygen atoms in total. The molecule has 0 fully saturated rings. The summed E-state index contributed by atoms with van der Waals surface area (Å²) in [5.41, 5.74) is 2.66. The van der Waals surface area contributed by atoms with Gasteiger partial charge in [0.2, 0.25) is 5.69 Å². The first-order valence-corrected chi connectivity index (χ1v) is 25.5. The van der Waals surface area contributed by atoms with Gasteiger partial charge in [0.15, 0.2) is 9.44 Å². The molecule has 3 atom stereocenters. The lowest BCUT2D eigenvalue weighted by Crippen LogP contribution is -2.38. The highest BCUT2D eigenvalue weighted by Gasteiger charge is 2.48. The van der Waals surface area contributed by atoms with Gasteiger partial charge in [-0.05, 0) is 111 Å². The number of unbranched alkanes of at least 4 members (excludes halogenated alkanes) is 2. The smallest absolute Gasteiger partial charge is 0.303 e. The molecule has 0 spiro atoms. The maximum absolute atomic E-state index is 12.4. The van der Waals surface area contributed by atoms with Gasteiger partial charge in [-0.2, -0.15) is 29.8 Å². The van der Waals surface area contributed by atoms with Crippen molar-refractivity contribution >= 4 is 76.0 Å². The fraction of sp³-hybridized carbons (Fsp3) is 0.550. The Labute approximate surface area is 372 Å². The number of anilines is 1. The van der Waals surface area contributed by atoms with Crippen molar-refractivity contribution in [2.75, 3.05) is 63.5 Å². The number of rotatable bonds is 25. The highest BCUT2D eigenvalue weighted by Crippen LogP contribution is 2.52. The molecule has 2 aromatic rings. The van der Waals surface area contributed by atoms with E-state index >= 15 is 0 Å². The number of halogens is 1. The molecule has 4 rings (SSSR count). The number of carbonyl (C=O) groups is 1. The second-order valence-corrected chi connectivity index (χ2v) is 21.8. The minimum atomic E-state index is -4.64. The lowest BCUT2D eigenvalue weighted by atomic mass is 9.75. The van der Waals surface area contributed by atoms with E-state index in [0.29, 0.717) is 74.6 Å². The third-order valence-corrected chi connectivity index (χ3v) is 14.7. The molecule has 0 saturated heterocycles. The normalized spacial score (nSPS) is 21.1. The molecule has 2 aliphatic heterocycles. The number of nitrogens with one attached hydrogen (secondary N) is 1. The summed E-state index contributed by atoms with van der Waals surface area (Å²) in [4.78, 5) is 12.9. The van der Waals surface area contributed by atoms with E-state index in [0.717, 1.165) is 16.9 Å². The van der Waals surface area contributed by atoms with Gasteiger partial charge in [-0.25, -0.2) is 0 Å². The van der Waals surface area contributed by atoms with Crippen molar-refractivity contribution in [3.8, 4) is 0 Å². The molecule has 0 bridgehead atoms. The summed E-state index contributed by atoms with van der Waals surface area (Å²) in [5.74, 6) is -1.96. The standard InChI is InChI=1S/C40H56IN3O14S3/c1-38(18-9-25-59(48,49)50)31-27-29(40(41,47)42-20-23-57-3)14-16-33(31)44(22-24-58-4)36(38)12-8-11-35-39(2,19-10-26-60(51,52)53)32-28-30(61(54,55)56)15-17-34(32)43(35)21-7-5-6-13-37(45)46/h8,11-12,14-17,27-28,42,47H,5-7,9-10,13,18-26H2,1-4H3,(H3-,45,46,48,49,50,51,52,53,54,55,56)/p+1. The molecule has 340 valence electrons. The van der Waals surface area contributed by atoms with Crippen LogP contribution in [0.4, 0.5) is 11.4 Å². The third-order valence-electron chi connectivity index (χ3n) is 11.3. The van der Waals surface area contributed by atoms with Gasteiger partial charge in [0, 0.05) is 80.2 Å². The Bertz CT molecular complexity index is 2350. The van der Waals surface area contributed by atoms with Gasteiger partial charge < -0.3 is 24.6 Å². The number of alkyl halides is 1. The maximum atomic E-state index is 12.4.